The first-order valence-corrected chi connectivity index (χ1v) is 7.37. The van der Waals surface area contributed by atoms with Gasteiger partial charge in [-0.2, -0.15) is 4.98 Å². The van der Waals surface area contributed by atoms with Gasteiger partial charge in [0.05, 0.1) is 11.1 Å². The minimum atomic E-state index is -0.358. The molecule has 0 saturated carbocycles. The second-order valence-corrected chi connectivity index (χ2v) is 5.42. The number of hydrogen-bond donors (Lipinski definition) is 1. The molecule has 1 aromatic heterocycles. The normalized spacial score (nSPS) is 10.4. The van der Waals surface area contributed by atoms with Crippen LogP contribution in [-0.4, -0.2) is 28.3 Å². The Kier molecular flexibility index (Phi) is 6.42. The lowest BCUT2D eigenvalue weighted by Gasteiger charge is -2.05. The van der Waals surface area contributed by atoms with Crippen molar-refractivity contribution in [2.24, 2.45) is 0 Å². The molecule has 1 rings (SSSR count). The third kappa shape index (κ3) is 4.81. The number of aryl methyl sites for hydroxylation is 1. The van der Waals surface area contributed by atoms with E-state index in [1.54, 1.807) is 13.8 Å². The predicted octanol–water partition coefficient (Wildman–Crippen LogP) is 2.28. The van der Waals surface area contributed by atoms with E-state index in [1.807, 2.05) is 0 Å². The van der Waals surface area contributed by atoms with Crippen LogP contribution in [0.15, 0.2) is 14.3 Å². The summed E-state index contributed by atoms with van der Waals surface area (Å²) < 4.78 is 5.62. The van der Waals surface area contributed by atoms with E-state index in [-0.39, 0.29) is 11.7 Å². The summed E-state index contributed by atoms with van der Waals surface area (Å²) in [5.41, 5.74) is 0.395. The zero-order valence-corrected chi connectivity index (χ0v) is 12.7. The molecule has 0 aromatic carbocycles. The average Bonchev–Trinajstić information content (AvgIpc) is 2.31. The van der Waals surface area contributed by atoms with Crippen LogP contribution in [0.5, 0.6) is 0 Å². The molecule has 5 nitrogen and oxygen atoms in total. The maximum Gasteiger partial charge on any atom is 0.346 e. The molecule has 0 fully saturated rings. The lowest BCUT2D eigenvalue weighted by atomic mass is 10.3. The van der Waals surface area contributed by atoms with Crippen LogP contribution in [0, 0.1) is 6.92 Å². The summed E-state index contributed by atoms with van der Waals surface area (Å²) in [6, 6.07) is 0. The Morgan fingerprint density at radius 2 is 2.28 bits per heavy atom. The number of nitrogens with one attached hydrogen (secondary N) is 1. The van der Waals surface area contributed by atoms with Crippen LogP contribution < -0.4 is 5.69 Å². The number of esters is 1. The Labute approximate surface area is 118 Å². The molecule has 0 atom stereocenters. The van der Waals surface area contributed by atoms with Gasteiger partial charge >= 0.3 is 11.7 Å². The highest BCUT2D eigenvalue weighted by molar-refractivity contribution is 9.10. The molecule has 100 valence electrons. The highest BCUT2D eigenvalue weighted by atomic mass is 79.9. The Balaban J connectivity index is 2.45. The fourth-order valence-electron chi connectivity index (χ4n) is 1.26. The van der Waals surface area contributed by atoms with Crippen molar-refractivity contribution >= 4 is 33.7 Å². The quantitative estimate of drug-likeness (QED) is 0.374. The van der Waals surface area contributed by atoms with Gasteiger partial charge in [-0.15, -0.1) is 11.8 Å². The molecule has 0 bridgehead atoms. The molecular weight excluding hydrogens is 320 g/mol. The number of rotatable bonds is 6. The third-order valence-corrected chi connectivity index (χ3v) is 4.38. The number of nitrogens with zero attached hydrogens (tertiary/aromatic N) is 1. The number of halogens is 1. The van der Waals surface area contributed by atoms with Crippen LogP contribution in [0.4, 0.5) is 0 Å². The van der Waals surface area contributed by atoms with E-state index in [2.05, 4.69) is 25.9 Å². The van der Waals surface area contributed by atoms with Crippen LogP contribution in [-0.2, 0) is 9.53 Å². The minimum absolute atomic E-state index is 0.188. The standard InChI is InChI=1S/C11H15BrN2O3S/c1-3-17-8(15)5-4-6-18-10-9(12)7(2)13-11(16)14-10/h3-6H2,1-2H3,(H,13,14,16). The molecule has 1 heterocycles. The summed E-state index contributed by atoms with van der Waals surface area (Å²) in [5, 5.41) is 0.653. The smallest absolute Gasteiger partial charge is 0.346 e. The number of aromatic nitrogens is 2. The molecule has 1 N–H and O–H groups in total. The Morgan fingerprint density at radius 1 is 1.56 bits per heavy atom. The lowest BCUT2D eigenvalue weighted by Crippen LogP contribution is -2.13. The molecule has 1 aromatic rings. The summed E-state index contributed by atoms with van der Waals surface area (Å²) in [6.07, 6.45) is 1.09. The zero-order valence-electron chi connectivity index (χ0n) is 10.3. The first kappa shape index (κ1) is 15.2. The number of thioether (sulfide) groups is 1. The first-order valence-electron chi connectivity index (χ1n) is 5.59. The van der Waals surface area contributed by atoms with Gasteiger partial charge < -0.3 is 9.72 Å². The van der Waals surface area contributed by atoms with Crippen LogP contribution in [0.3, 0.4) is 0 Å². The van der Waals surface area contributed by atoms with Gasteiger partial charge in [0, 0.05) is 17.9 Å². The van der Waals surface area contributed by atoms with Crippen LogP contribution >= 0.6 is 27.7 Å². The van der Waals surface area contributed by atoms with Crippen LogP contribution in [0.25, 0.3) is 0 Å². The number of aromatic amines is 1. The van der Waals surface area contributed by atoms with E-state index >= 15 is 0 Å². The molecule has 0 aliphatic carbocycles. The van der Waals surface area contributed by atoms with E-state index in [4.69, 9.17) is 4.74 Å². The molecule has 18 heavy (non-hydrogen) atoms. The van der Waals surface area contributed by atoms with E-state index in [0.717, 1.165) is 10.2 Å². The number of H-pyrrole nitrogens is 1. The van der Waals surface area contributed by atoms with E-state index in [1.165, 1.54) is 11.8 Å². The summed E-state index contributed by atoms with van der Waals surface area (Å²) in [7, 11) is 0. The number of carbonyl (C=O) groups is 1. The molecule has 0 aliphatic heterocycles. The van der Waals surface area contributed by atoms with Crippen molar-refractivity contribution in [3.63, 3.8) is 0 Å². The van der Waals surface area contributed by atoms with Gasteiger partial charge in [-0.3, -0.25) is 4.79 Å². The van der Waals surface area contributed by atoms with Gasteiger partial charge in [-0.05, 0) is 36.2 Å². The van der Waals surface area contributed by atoms with Gasteiger partial charge in [0.25, 0.3) is 0 Å². The van der Waals surface area contributed by atoms with Crippen molar-refractivity contribution in [3.05, 3.63) is 20.7 Å². The van der Waals surface area contributed by atoms with Gasteiger partial charge in [0.2, 0.25) is 0 Å². The van der Waals surface area contributed by atoms with Crippen molar-refractivity contribution in [2.75, 3.05) is 12.4 Å². The Bertz CT molecular complexity index is 476. The topological polar surface area (TPSA) is 72.0 Å². The second-order valence-electron chi connectivity index (χ2n) is 3.54. The first-order chi connectivity index (χ1) is 8.54. The largest absolute Gasteiger partial charge is 0.466 e. The predicted molar refractivity (Wildman–Crippen MR) is 73.9 cm³/mol. The lowest BCUT2D eigenvalue weighted by molar-refractivity contribution is -0.143. The van der Waals surface area contributed by atoms with Crippen molar-refractivity contribution in [1.29, 1.82) is 0 Å². The van der Waals surface area contributed by atoms with Gasteiger partial charge in [-0.1, -0.05) is 0 Å². The Morgan fingerprint density at radius 3 is 2.94 bits per heavy atom. The van der Waals surface area contributed by atoms with E-state index in [9.17, 15) is 9.59 Å². The highest BCUT2D eigenvalue weighted by Crippen LogP contribution is 2.26. The van der Waals surface area contributed by atoms with Crippen LogP contribution in [0.1, 0.15) is 25.5 Å². The fraction of sp³-hybridized carbons (Fsp3) is 0.545. The maximum absolute atomic E-state index is 11.2. The maximum atomic E-state index is 11.2. The molecule has 0 spiro atoms. The van der Waals surface area contributed by atoms with E-state index < -0.39 is 0 Å². The summed E-state index contributed by atoms with van der Waals surface area (Å²) >= 11 is 4.82. The summed E-state index contributed by atoms with van der Waals surface area (Å²) in [4.78, 5) is 28.8. The van der Waals surface area contributed by atoms with Crippen molar-refractivity contribution in [1.82, 2.24) is 9.97 Å². The molecule has 0 aliphatic rings. The molecule has 0 radical (unpaired) electrons. The van der Waals surface area contributed by atoms with E-state index in [0.29, 0.717) is 30.2 Å². The van der Waals surface area contributed by atoms with Crippen molar-refractivity contribution in [3.8, 4) is 0 Å². The monoisotopic (exact) mass is 334 g/mol. The summed E-state index contributed by atoms with van der Waals surface area (Å²) in [5.74, 6) is 0.528. The zero-order chi connectivity index (χ0) is 13.5. The highest BCUT2D eigenvalue weighted by Gasteiger charge is 2.08. The number of ether oxygens (including phenoxy) is 1. The minimum Gasteiger partial charge on any atom is -0.466 e. The molecule has 7 heteroatoms. The fourth-order valence-corrected chi connectivity index (χ4v) is 2.70. The molecular formula is C11H15BrN2O3S. The van der Waals surface area contributed by atoms with Gasteiger partial charge in [0.15, 0.2) is 0 Å². The SMILES string of the molecule is CCOC(=O)CCCSc1nc(=O)[nH]c(C)c1Br. The van der Waals surface area contributed by atoms with Gasteiger partial charge in [0.1, 0.15) is 5.03 Å². The van der Waals surface area contributed by atoms with Crippen molar-refractivity contribution in [2.45, 2.75) is 31.7 Å². The second kappa shape index (κ2) is 7.58. The van der Waals surface area contributed by atoms with Crippen LogP contribution in [0.2, 0.25) is 0 Å². The van der Waals surface area contributed by atoms with Crippen molar-refractivity contribution < 1.29 is 9.53 Å². The average molecular weight is 335 g/mol. The Hall–Kier alpha value is -0.820. The summed E-state index contributed by atoms with van der Waals surface area (Å²) in [6.45, 7) is 3.99. The molecule has 0 unspecified atom stereocenters. The molecule has 0 amide bonds. The number of carbonyl (C=O) groups excluding carboxylic acids is 1. The number of hydrogen-bond acceptors (Lipinski definition) is 5. The van der Waals surface area contributed by atoms with Gasteiger partial charge in [-0.25, -0.2) is 4.79 Å². The molecule has 0 saturated heterocycles. The third-order valence-electron chi connectivity index (χ3n) is 2.08.